The number of ketones is 1. The molecule has 1 saturated heterocycles. The molecule has 0 radical (unpaired) electrons. The lowest BCUT2D eigenvalue weighted by atomic mass is 10.1. The monoisotopic (exact) mass is 227 g/mol. The van der Waals surface area contributed by atoms with E-state index in [2.05, 4.69) is 0 Å². The lowest BCUT2D eigenvalue weighted by Gasteiger charge is -2.30. The number of amides is 1. The molecule has 1 atom stereocenters. The van der Waals surface area contributed by atoms with E-state index >= 15 is 0 Å². The number of carbonyl (C=O) groups is 2. The van der Waals surface area contributed by atoms with Crippen molar-refractivity contribution in [2.45, 2.75) is 58.6 Å². The van der Waals surface area contributed by atoms with Crippen LogP contribution in [0.1, 0.15) is 47.0 Å². The largest absolute Gasteiger partial charge is 0.444 e. The van der Waals surface area contributed by atoms with Crippen LogP contribution in [0.3, 0.4) is 0 Å². The minimum atomic E-state index is -0.479. The SMILES string of the molecule is C[C@H]1CC(=O)CCCN1C(=O)OC(C)(C)C. The Kier molecular flexibility index (Phi) is 3.94. The summed E-state index contributed by atoms with van der Waals surface area (Å²) in [4.78, 5) is 24.9. The van der Waals surface area contributed by atoms with Crippen molar-refractivity contribution in [2.24, 2.45) is 0 Å². The van der Waals surface area contributed by atoms with Gasteiger partial charge in [-0.25, -0.2) is 4.79 Å². The van der Waals surface area contributed by atoms with Crippen LogP contribution < -0.4 is 0 Å². The molecule has 0 aromatic carbocycles. The van der Waals surface area contributed by atoms with E-state index < -0.39 is 5.60 Å². The van der Waals surface area contributed by atoms with E-state index in [1.165, 1.54) is 0 Å². The topological polar surface area (TPSA) is 46.6 Å². The maximum atomic E-state index is 11.9. The molecular weight excluding hydrogens is 206 g/mol. The molecule has 4 heteroatoms. The summed E-state index contributed by atoms with van der Waals surface area (Å²) in [6.07, 6.45) is 1.44. The van der Waals surface area contributed by atoms with Gasteiger partial charge >= 0.3 is 6.09 Å². The average molecular weight is 227 g/mol. The van der Waals surface area contributed by atoms with Crippen molar-refractivity contribution in [2.75, 3.05) is 6.54 Å². The van der Waals surface area contributed by atoms with Gasteiger partial charge in [0, 0.05) is 25.4 Å². The molecule has 1 fully saturated rings. The second-order valence-electron chi connectivity index (χ2n) is 5.37. The van der Waals surface area contributed by atoms with E-state index in [1.807, 2.05) is 27.7 Å². The number of likely N-dealkylation sites (tertiary alicyclic amines) is 1. The molecule has 0 aliphatic carbocycles. The minimum absolute atomic E-state index is 0.0511. The highest BCUT2D eigenvalue weighted by Gasteiger charge is 2.28. The molecule has 0 aromatic heterocycles. The maximum absolute atomic E-state index is 11.9. The van der Waals surface area contributed by atoms with E-state index in [4.69, 9.17) is 4.74 Å². The molecule has 0 unspecified atom stereocenters. The second-order valence-corrected chi connectivity index (χ2v) is 5.37. The average Bonchev–Trinajstić information content (AvgIpc) is 2.23. The van der Waals surface area contributed by atoms with Crippen LogP contribution in [-0.2, 0) is 9.53 Å². The fourth-order valence-corrected chi connectivity index (χ4v) is 1.80. The van der Waals surface area contributed by atoms with Gasteiger partial charge in [-0.3, -0.25) is 4.79 Å². The zero-order valence-electron chi connectivity index (χ0n) is 10.6. The van der Waals surface area contributed by atoms with Crippen molar-refractivity contribution in [1.82, 2.24) is 4.90 Å². The maximum Gasteiger partial charge on any atom is 0.410 e. The molecule has 0 aromatic rings. The number of hydrogen-bond acceptors (Lipinski definition) is 3. The van der Waals surface area contributed by atoms with Crippen LogP contribution >= 0.6 is 0 Å². The first-order valence-electron chi connectivity index (χ1n) is 5.81. The fraction of sp³-hybridized carbons (Fsp3) is 0.833. The van der Waals surface area contributed by atoms with Gasteiger partial charge in [-0.2, -0.15) is 0 Å². The quantitative estimate of drug-likeness (QED) is 0.638. The minimum Gasteiger partial charge on any atom is -0.444 e. The van der Waals surface area contributed by atoms with Gasteiger partial charge in [-0.1, -0.05) is 0 Å². The molecular formula is C12H21NO3. The van der Waals surface area contributed by atoms with E-state index in [1.54, 1.807) is 4.90 Å². The summed E-state index contributed by atoms with van der Waals surface area (Å²) in [7, 11) is 0. The third-order valence-corrected chi connectivity index (χ3v) is 2.54. The molecule has 1 heterocycles. The van der Waals surface area contributed by atoms with Crippen molar-refractivity contribution in [1.29, 1.82) is 0 Å². The Labute approximate surface area is 96.9 Å². The Bertz CT molecular complexity index is 280. The zero-order chi connectivity index (χ0) is 12.3. The normalized spacial score (nSPS) is 22.9. The van der Waals surface area contributed by atoms with Gasteiger partial charge < -0.3 is 9.64 Å². The lowest BCUT2D eigenvalue weighted by molar-refractivity contribution is -0.119. The second kappa shape index (κ2) is 4.85. The summed E-state index contributed by atoms with van der Waals surface area (Å²) in [6, 6.07) is -0.0511. The lowest BCUT2D eigenvalue weighted by Crippen LogP contribution is -2.42. The van der Waals surface area contributed by atoms with E-state index in [9.17, 15) is 9.59 Å². The zero-order valence-corrected chi connectivity index (χ0v) is 10.6. The number of hydrogen-bond donors (Lipinski definition) is 0. The highest BCUT2D eigenvalue weighted by Crippen LogP contribution is 2.17. The van der Waals surface area contributed by atoms with Gasteiger partial charge in [0.15, 0.2) is 0 Å². The highest BCUT2D eigenvalue weighted by atomic mass is 16.6. The Balaban J connectivity index is 2.64. The van der Waals surface area contributed by atoms with Crippen molar-refractivity contribution >= 4 is 11.9 Å². The van der Waals surface area contributed by atoms with Crippen molar-refractivity contribution in [3.63, 3.8) is 0 Å². The van der Waals surface area contributed by atoms with Gasteiger partial charge in [0.1, 0.15) is 11.4 Å². The van der Waals surface area contributed by atoms with Crippen molar-refractivity contribution < 1.29 is 14.3 Å². The van der Waals surface area contributed by atoms with Crippen LogP contribution in [0.4, 0.5) is 4.79 Å². The Morgan fingerprint density at radius 1 is 1.44 bits per heavy atom. The third-order valence-electron chi connectivity index (χ3n) is 2.54. The standard InChI is InChI=1S/C12H21NO3/c1-9-8-10(14)6-5-7-13(9)11(15)16-12(2,3)4/h9H,5-8H2,1-4H3/t9-/m0/s1. The van der Waals surface area contributed by atoms with Gasteiger partial charge in [-0.15, -0.1) is 0 Å². The molecule has 92 valence electrons. The summed E-state index contributed by atoms with van der Waals surface area (Å²) in [6.45, 7) is 8.05. The Morgan fingerprint density at radius 2 is 2.06 bits per heavy atom. The molecule has 0 bridgehead atoms. The molecule has 1 aliphatic rings. The van der Waals surface area contributed by atoms with Gasteiger partial charge in [0.2, 0.25) is 0 Å². The molecule has 1 rings (SSSR count). The van der Waals surface area contributed by atoms with Crippen LogP contribution in [0.25, 0.3) is 0 Å². The van der Waals surface area contributed by atoms with Gasteiger partial charge in [0.05, 0.1) is 0 Å². The van der Waals surface area contributed by atoms with Crippen LogP contribution in [0.2, 0.25) is 0 Å². The van der Waals surface area contributed by atoms with Crippen LogP contribution in [0, 0.1) is 0 Å². The molecule has 1 aliphatic heterocycles. The third kappa shape index (κ3) is 3.83. The first-order chi connectivity index (χ1) is 7.29. The number of carbonyl (C=O) groups excluding carboxylic acids is 2. The van der Waals surface area contributed by atoms with Crippen LogP contribution in [-0.4, -0.2) is 35.0 Å². The van der Waals surface area contributed by atoms with Gasteiger partial charge in [-0.05, 0) is 34.1 Å². The van der Waals surface area contributed by atoms with Crippen molar-refractivity contribution in [3.8, 4) is 0 Å². The summed E-state index contributed by atoms with van der Waals surface area (Å²) >= 11 is 0. The van der Waals surface area contributed by atoms with Crippen LogP contribution in [0.5, 0.6) is 0 Å². The predicted molar refractivity (Wildman–Crippen MR) is 61.3 cm³/mol. The predicted octanol–water partition coefficient (Wildman–Crippen LogP) is 2.37. The molecule has 4 nitrogen and oxygen atoms in total. The summed E-state index contributed by atoms with van der Waals surface area (Å²) in [5.74, 6) is 0.235. The first-order valence-corrected chi connectivity index (χ1v) is 5.81. The summed E-state index contributed by atoms with van der Waals surface area (Å²) in [5, 5.41) is 0. The van der Waals surface area contributed by atoms with Gasteiger partial charge in [0.25, 0.3) is 0 Å². The fourth-order valence-electron chi connectivity index (χ4n) is 1.80. The number of nitrogens with zero attached hydrogens (tertiary/aromatic N) is 1. The smallest absolute Gasteiger partial charge is 0.410 e. The van der Waals surface area contributed by atoms with E-state index in [-0.39, 0.29) is 17.9 Å². The van der Waals surface area contributed by atoms with E-state index in [0.717, 1.165) is 6.42 Å². The summed E-state index contributed by atoms with van der Waals surface area (Å²) in [5.41, 5.74) is -0.479. The van der Waals surface area contributed by atoms with Crippen molar-refractivity contribution in [3.05, 3.63) is 0 Å². The Hall–Kier alpha value is -1.06. The number of Topliss-reactive ketones (excluding diaryl/α,β-unsaturated/α-hetero) is 1. The molecule has 0 N–H and O–H groups in total. The molecule has 16 heavy (non-hydrogen) atoms. The van der Waals surface area contributed by atoms with E-state index in [0.29, 0.717) is 19.4 Å². The molecule has 1 amide bonds. The number of ether oxygens (including phenoxy) is 1. The molecule has 0 saturated carbocycles. The molecule has 0 spiro atoms. The summed E-state index contributed by atoms with van der Waals surface area (Å²) < 4.78 is 5.31. The first kappa shape index (κ1) is 13.0. The number of rotatable bonds is 0. The Morgan fingerprint density at radius 3 is 2.62 bits per heavy atom. The highest BCUT2D eigenvalue weighted by molar-refractivity contribution is 5.80. The van der Waals surface area contributed by atoms with Crippen LogP contribution in [0.15, 0.2) is 0 Å².